The minimum atomic E-state index is -0.452. The van der Waals surface area contributed by atoms with E-state index in [-0.39, 0.29) is 17.4 Å². The van der Waals surface area contributed by atoms with Gasteiger partial charge in [0, 0.05) is 55.4 Å². The smallest absolute Gasteiger partial charge is 0.284 e. The highest BCUT2D eigenvalue weighted by Gasteiger charge is 2.24. The number of nitro benzene ring substituents is 1. The monoisotopic (exact) mass is 486 g/mol. The fraction of sp³-hybridized carbons (Fsp3) is 0.304. The van der Waals surface area contributed by atoms with Crippen molar-refractivity contribution in [2.24, 2.45) is 0 Å². The van der Waals surface area contributed by atoms with Crippen molar-refractivity contribution in [1.29, 1.82) is 0 Å². The standard InChI is InChI=1S/C23H23FN4O3S2/c1-16-15-32-23(25-16)33-21-8-5-18(13-20(21)28(30)31)22(29)27-10-2-9-26(11-12-27)14-17-3-6-19(24)7-4-17/h3-8,13,15H,2,9-12,14H2,1H3. The molecule has 1 aromatic heterocycles. The van der Waals surface area contributed by atoms with Crippen molar-refractivity contribution >= 4 is 34.7 Å². The molecule has 2 heterocycles. The maximum atomic E-state index is 13.1. The molecule has 1 fully saturated rings. The first-order valence-corrected chi connectivity index (χ1v) is 12.2. The molecule has 0 aliphatic carbocycles. The highest BCUT2D eigenvalue weighted by molar-refractivity contribution is 8.01. The minimum Gasteiger partial charge on any atom is -0.337 e. The van der Waals surface area contributed by atoms with Crippen LogP contribution in [0.5, 0.6) is 0 Å². The Morgan fingerprint density at radius 3 is 2.67 bits per heavy atom. The summed E-state index contributed by atoms with van der Waals surface area (Å²) >= 11 is 2.67. The number of hydrogen-bond acceptors (Lipinski definition) is 7. The van der Waals surface area contributed by atoms with E-state index in [0.717, 1.165) is 28.6 Å². The van der Waals surface area contributed by atoms with Gasteiger partial charge in [0.2, 0.25) is 0 Å². The van der Waals surface area contributed by atoms with Crippen LogP contribution in [0.3, 0.4) is 0 Å². The second-order valence-electron chi connectivity index (χ2n) is 7.84. The fourth-order valence-corrected chi connectivity index (χ4v) is 5.59. The summed E-state index contributed by atoms with van der Waals surface area (Å²) in [4.78, 5) is 33.2. The molecule has 4 rings (SSSR count). The van der Waals surface area contributed by atoms with Gasteiger partial charge in [-0.15, -0.1) is 11.3 Å². The molecule has 0 radical (unpaired) electrons. The number of aryl methyl sites for hydroxylation is 1. The molecular formula is C23H23FN4O3S2. The summed E-state index contributed by atoms with van der Waals surface area (Å²) in [7, 11) is 0. The van der Waals surface area contributed by atoms with E-state index in [1.165, 1.54) is 41.3 Å². The number of carbonyl (C=O) groups excluding carboxylic acids is 1. The summed E-state index contributed by atoms with van der Waals surface area (Å²) in [6.07, 6.45) is 0.798. The molecule has 1 saturated heterocycles. The van der Waals surface area contributed by atoms with Crippen molar-refractivity contribution in [1.82, 2.24) is 14.8 Å². The number of rotatable bonds is 6. The van der Waals surface area contributed by atoms with Crippen molar-refractivity contribution in [3.8, 4) is 0 Å². The molecule has 172 valence electrons. The Balaban J connectivity index is 1.44. The summed E-state index contributed by atoms with van der Waals surface area (Å²) in [5, 5.41) is 13.6. The predicted molar refractivity (Wildman–Crippen MR) is 126 cm³/mol. The van der Waals surface area contributed by atoms with E-state index in [1.807, 2.05) is 12.3 Å². The number of nitro groups is 1. The van der Waals surface area contributed by atoms with Gasteiger partial charge in [-0.05, 0) is 43.2 Å². The van der Waals surface area contributed by atoms with Crippen molar-refractivity contribution < 1.29 is 14.1 Å². The Bertz CT molecular complexity index is 1150. The highest BCUT2D eigenvalue weighted by atomic mass is 32.2. The van der Waals surface area contributed by atoms with Crippen LogP contribution >= 0.6 is 23.1 Å². The predicted octanol–water partition coefficient (Wildman–Crippen LogP) is 5.00. The van der Waals surface area contributed by atoms with Gasteiger partial charge in [-0.3, -0.25) is 19.8 Å². The van der Waals surface area contributed by atoms with Gasteiger partial charge >= 0.3 is 0 Å². The number of aromatic nitrogens is 1. The van der Waals surface area contributed by atoms with E-state index >= 15 is 0 Å². The summed E-state index contributed by atoms with van der Waals surface area (Å²) in [5.41, 5.74) is 2.11. The van der Waals surface area contributed by atoms with Gasteiger partial charge in [0.1, 0.15) is 5.82 Å². The lowest BCUT2D eigenvalue weighted by molar-refractivity contribution is -0.387. The Morgan fingerprint density at radius 2 is 1.97 bits per heavy atom. The second-order valence-corrected chi connectivity index (χ2v) is 9.99. The Kier molecular flexibility index (Phi) is 7.36. The number of halogens is 1. The number of hydrogen-bond donors (Lipinski definition) is 0. The van der Waals surface area contributed by atoms with E-state index in [1.54, 1.807) is 29.2 Å². The molecule has 0 bridgehead atoms. The van der Waals surface area contributed by atoms with Gasteiger partial charge in [0.15, 0.2) is 4.34 Å². The largest absolute Gasteiger partial charge is 0.337 e. The molecule has 1 aliphatic heterocycles. The lowest BCUT2D eigenvalue weighted by Crippen LogP contribution is -2.35. The van der Waals surface area contributed by atoms with Gasteiger partial charge in [-0.25, -0.2) is 9.37 Å². The Labute approximate surface area is 199 Å². The molecule has 1 amide bonds. The van der Waals surface area contributed by atoms with Gasteiger partial charge in [-0.1, -0.05) is 23.9 Å². The van der Waals surface area contributed by atoms with Crippen molar-refractivity contribution in [3.05, 3.63) is 80.6 Å². The fourth-order valence-electron chi connectivity index (χ4n) is 3.72. The number of amides is 1. The number of thiazole rings is 1. The third-order valence-corrected chi connectivity index (χ3v) is 7.51. The number of carbonyl (C=O) groups is 1. The molecule has 3 aromatic rings. The van der Waals surface area contributed by atoms with Gasteiger partial charge < -0.3 is 4.90 Å². The first-order valence-electron chi connectivity index (χ1n) is 10.5. The van der Waals surface area contributed by atoms with Crippen LogP contribution in [0.2, 0.25) is 0 Å². The van der Waals surface area contributed by atoms with E-state index < -0.39 is 4.92 Å². The second kappa shape index (κ2) is 10.4. The van der Waals surface area contributed by atoms with Crippen LogP contribution in [0.15, 0.2) is 57.1 Å². The molecule has 10 heteroatoms. The summed E-state index contributed by atoms with van der Waals surface area (Å²) in [5.74, 6) is -0.463. The van der Waals surface area contributed by atoms with Gasteiger partial charge in [-0.2, -0.15) is 0 Å². The molecule has 7 nitrogen and oxygen atoms in total. The van der Waals surface area contributed by atoms with Crippen LogP contribution in [0.1, 0.15) is 28.0 Å². The topological polar surface area (TPSA) is 79.6 Å². The van der Waals surface area contributed by atoms with Crippen LogP contribution in [0.4, 0.5) is 10.1 Å². The van der Waals surface area contributed by atoms with Crippen LogP contribution in [0.25, 0.3) is 0 Å². The van der Waals surface area contributed by atoms with Gasteiger partial charge in [0.25, 0.3) is 11.6 Å². The van der Waals surface area contributed by atoms with Crippen molar-refractivity contribution in [2.75, 3.05) is 26.2 Å². The quantitative estimate of drug-likeness (QED) is 0.360. The molecule has 0 atom stereocenters. The first kappa shape index (κ1) is 23.3. The van der Waals surface area contributed by atoms with Crippen LogP contribution in [0, 0.1) is 22.9 Å². The van der Waals surface area contributed by atoms with E-state index in [4.69, 9.17) is 0 Å². The van der Waals surface area contributed by atoms with E-state index in [2.05, 4.69) is 9.88 Å². The zero-order valence-corrected chi connectivity index (χ0v) is 19.7. The summed E-state index contributed by atoms with van der Waals surface area (Å²) in [6, 6.07) is 11.1. The SMILES string of the molecule is Cc1csc(Sc2ccc(C(=O)N3CCCN(Cc4ccc(F)cc4)CC3)cc2[N+](=O)[O-])n1. The van der Waals surface area contributed by atoms with Crippen LogP contribution in [-0.2, 0) is 6.54 Å². The van der Waals surface area contributed by atoms with Crippen molar-refractivity contribution in [3.63, 3.8) is 0 Å². The minimum absolute atomic E-state index is 0.0912. The lowest BCUT2D eigenvalue weighted by Gasteiger charge is -2.22. The lowest BCUT2D eigenvalue weighted by atomic mass is 10.1. The highest BCUT2D eigenvalue weighted by Crippen LogP contribution is 2.37. The van der Waals surface area contributed by atoms with Gasteiger partial charge in [0.05, 0.1) is 9.82 Å². The molecular weight excluding hydrogens is 463 g/mol. The average molecular weight is 487 g/mol. The maximum absolute atomic E-state index is 13.1. The van der Waals surface area contributed by atoms with Crippen molar-refractivity contribution in [2.45, 2.75) is 29.1 Å². The molecule has 0 N–H and O–H groups in total. The maximum Gasteiger partial charge on any atom is 0.284 e. The number of nitrogens with zero attached hydrogens (tertiary/aromatic N) is 4. The molecule has 0 spiro atoms. The molecule has 1 aliphatic rings. The third-order valence-electron chi connectivity index (χ3n) is 5.39. The Hall–Kier alpha value is -2.82. The molecule has 0 unspecified atom stereocenters. The molecule has 0 saturated carbocycles. The average Bonchev–Trinajstić information content (AvgIpc) is 3.06. The van der Waals surface area contributed by atoms with Crippen LogP contribution < -0.4 is 0 Å². The first-order chi connectivity index (χ1) is 15.9. The summed E-state index contributed by atoms with van der Waals surface area (Å²) in [6.45, 7) is 5.19. The zero-order chi connectivity index (χ0) is 23.4. The normalized spacial score (nSPS) is 14.8. The van der Waals surface area contributed by atoms with Crippen LogP contribution in [-0.4, -0.2) is 51.8 Å². The molecule has 33 heavy (non-hydrogen) atoms. The number of benzene rings is 2. The zero-order valence-electron chi connectivity index (χ0n) is 18.1. The molecule has 2 aromatic carbocycles. The van der Waals surface area contributed by atoms with E-state index in [0.29, 0.717) is 36.6 Å². The third kappa shape index (κ3) is 5.95. The Morgan fingerprint density at radius 1 is 1.18 bits per heavy atom. The summed E-state index contributed by atoms with van der Waals surface area (Å²) < 4.78 is 13.9. The van der Waals surface area contributed by atoms with E-state index in [9.17, 15) is 19.3 Å².